The highest BCUT2D eigenvalue weighted by molar-refractivity contribution is 7.89. The van der Waals surface area contributed by atoms with Crippen molar-refractivity contribution in [2.45, 2.75) is 31.1 Å². The summed E-state index contributed by atoms with van der Waals surface area (Å²) < 4.78 is 27.1. The Kier molecular flexibility index (Phi) is 6.47. The number of nitro groups is 1. The number of unbranched alkanes of at least 4 members (excludes halogenated alkanes) is 2. The van der Waals surface area contributed by atoms with Gasteiger partial charge in [-0.15, -0.1) is 0 Å². The number of nitro benzene ring substituents is 1. The number of nitriles is 1. The van der Waals surface area contributed by atoms with E-state index in [2.05, 4.69) is 11.0 Å². The average molecular weight is 366 g/mol. The van der Waals surface area contributed by atoms with Crippen molar-refractivity contribution in [2.75, 3.05) is 32.7 Å². The summed E-state index contributed by atoms with van der Waals surface area (Å²) in [6, 6.07) is 6.03. The molecule has 1 saturated heterocycles. The summed E-state index contributed by atoms with van der Waals surface area (Å²) in [6.07, 6.45) is 2.31. The molecule has 0 spiro atoms. The van der Waals surface area contributed by atoms with E-state index in [-0.39, 0.29) is 10.6 Å². The van der Waals surface area contributed by atoms with Crippen LogP contribution in [0.3, 0.4) is 0 Å². The van der Waals surface area contributed by atoms with Crippen molar-refractivity contribution in [1.29, 1.82) is 5.26 Å². The molecule has 136 valence electrons. The number of nitrogens with zero attached hydrogens (tertiary/aromatic N) is 4. The van der Waals surface area contributed by atoms with Gasteiger partial charge in [0.05, 0.1) is 15.9 Å². The van der Waals surface area contributed by atoms with E-state index < -0.39 is 14.9 Å². The van der Waals surface area contributed by atoms with Crippen LogP contribution < -0.4 is 0 Å². The lowest BCUT2D eigenvalue weighted by Gasteiger charge is -2.34. The van der Waals surface area contributed by atoms with E-state index in [0.717, 1.165) is 25.5 Å². The Morgan fingerprint density at radius 3 is 2.52 bits per heavy atom. The first-order valence-corrected chi connectivity index (χ1v) is 9.65. The monoisotopic (exact) mass is 366 g/mol. The summed E-state index contributed by atoms with van der Waals surface area (Å²) in [5.41, 5.74) is 0.282. The maximum atomic E-state index is 12.8. The van der Waals surface area contributed by atoms with Crippen molar-refractivity contribution >= 4 is 15.7 Å². The van der Waals surface area contributed by atoms with Crippen LogP contribution in [0.2, 0.25) is 0 Å². The fourth-order valence-corrected chi connectivity index (χ4v) is 4.52. The molecule has 1 fully saturated rings. The molecule has 0 aliphatic carbocycles. The van der Waals surface area contributed by atoms with Gasteiger partial charge in [-0.3, -0.25) is 10.1 Å². The lowest BCUT2D eigenvalue weighted by Crippen LogP contribution is -2.48. The minimum absolute atomic E-state index is 0.00386. The Morgan fingerprint density at radius 2 is 1.92 bits per heavy atom. The summed E-state index contributed by atoms with van der Waals surface area (Å²) in [5.74, 6) is 0. The first-order chi connectivity index (χ1) is 11.9. The SMILES string of the molecule is Cc1ccc([N+](=O)[O-])cc1S(=O)(=O)N1CCN(CCCCC#N)CC1. The minimum atomic E-state index is -3.74. The van der Waals surface area contributed by atoms with Gasteiger partial charge >= 0.3 is 0 Å². The third-order valence-corrected chi connectivity index (χ3v) is 6.39. The van der Waals surface area contributed by atoms with E-state index in [1.165, 1.54) is 16.4 Å². The first kappa shape index (κ1) is 19.3. The van der Waals surface area contributed by atoms with Gasteiger partial charge in [-0.1, -0.05) is 6.07 Å². The molecule has 9 heteroatoms. The number of sulfonamides is 1. The standard InChI is InChI=1S/C16H22N4O4S/c1-14-5-6-15(20(21)22)13-16(14)25(23,24)19-11-9-18(10-12-19)8-4-2-3-7-17/h5-6,13H,2-4,8-12H2,1H3. The van der Waals surface area contributed by atoms with Crippen LogP contribution in [0.1, 0.15) is 24.8 Å². The molecule has 0 amide bonds. The van der Waals surface area contributed by atoms with Gasteiger partial charge < -0.3 is 4.90 Å². The lowest BCUT2D eigenvalue weighted by molar-refractivity contribution is -0.385. The highest BCUT2D eigenvalue weighted by Gasteiger charge is 2.30. The summed E-state index contributed by atoms with van der Waals surface area (Å²) in [6.45, 7) is 4.47. The lowest BCUT2D eigenvalue weighted by atomic mass is 10.2. The van der Waals surface area contributed by atoms with Crippen LogP contribution in [0.4, 0.5) is 5.69 Å². The van der Waals surface area contributed by atoms with Crippen molar-refractivity contribution in [3.63, 3.8) is 0 Å². The molecule has 0 N–H and O–H groups in total. The first-order valence-electron chi connectivity index (χ1n) is 8.21. The Balaban J connectivity index is 2.04. The van der Waals surface area contributed by atoms with Gasteiger partial charge in [0.15, 0.2) is 0 Å². The van der Waals surface area contributed by atoms with Gasteiger partial charge in [-0.05, 0) is 31.9 Å². The molecule has 0 bridgehead atoms. The van der Waals surface area contributed by atoms with E-state index >= 15 is 0 Å². The number of aryl methyl sites for hydroxylation is 1. The number of non-ortho nitro benzene ring substituents is 1. The van der Waals surface area contributed by atoms with Crippen LogP contribution in [0.15, 0.2) is 23.1 Å². The predicted octanol–water partition coefficient (Wildman–Crippen LogP) is 1.90. The molecule has 25 heavy (non-hydrogen) atoms. The Bertz CT molecular complexity index is 765. The van der Waals surface area contributed by atoms with E-state index in [1.54, 1.807) is 6.92 Å². The molecular formula is C16H22N4O4S. The third kappa shape index (κ3) is 4.75. The highest BCUT2D eigenvalue weighted by Crippen LogP contribution is 2.25. The van der Waals surface area contributed by atoms with Gasteiger partial charge in [0.25, 0.3) is 5.69 Å². The summed E-state index contributed by atoms with van der Waals surface area (Å²) in [7, 11) is -3.74. The molecule has 0 radical (unpaired) electrons. The molecule has 0 aromatic heterocycles. The smallest absolute Gasteiger partial charge is 0.270 e. The van der Waals surface area contributed by atoms with Crippen LogP contribution in [0, 0.1) is 28.4 Å². The van der Waals surface area contributed by atoms with Crippen molar-refractivity contribution in [1.82, 2.24) is 9.21 Å². The van der Waals surface area contributed by atoms with E-state index in [9.17, 15) is 18.5 Å². The van der Waals surface area contributed by atoms with Crippen molar-refractivity contribution in [3.05, 3.63) is 33.9 Å². The molecule has 1 aliphatic heterocycles. The van der Waals surface area contributed by atoms with Crippen LogP contribution in [0.5, 0.6) is 0 Å². The fraction of sp³-hybridized carbons (Fsp3) is 0.562. The molecule has 0 saturated carbocycles. The van der Waals surface area contributed by atoms with Crippen LogP contribution in [-0.2, 0) is 10.0 Å². The van der Waals surface area contributed by atoms with Gasteiger partial charge in [-0.25, -0.2) is 8.42 Å². The number of benzene rings is 1. The largest absolute Gasteiger partial charge is 0.301 e. The molecule has 1 aliphatic rings. The molecule has 2 rings (SSSR count). The van der Waals surface area contributed by atoms with Gasteiger partial charge in [0, 0.05) is 44.7 Å². The summed E-state index contributed by atoms with van der Waals surface area (Å²) >= 11 is 0. The van der Waals surface area contributed by atoms with E-state index in [4.69, 9.17) is 5.26 Å². The predicted molar refractivity (Wildman–Crippen MR) is 92.5 cm³/mol. The molecule has 0 unspecified atom stereocenters. The van der Waals surface area contributed by atoms with Crippen LogP contribution in [-0.4, -0.2) is 55.3 Å². The molecular weight excluding hydrogens is 344 g/mol. The van der Waals surface area contributed by atoms with Gasteiger partial charge in [0.2, 0.25) is 10.0 Å². The maximum Gasteiger partial charge on any atom is 0.270 e. The molecule has 1 aromatic carbocycles. The molecule has 1 heterocycles. The average Bonchev–Trinajstić information content (AvgIpc) is 2.59. The minimum Gasteiger partial charge on any atom is -0.301 e. The number of hydrogen-bond acceptors (Lipinski definition) is 6. The zero-order valence-electron chi connectivity index (χ0n) is 14.2. The van der Waals surface area contributed by atoms with Crippen LogP contribution in [0.25, 0.3) is 0 Å². The summed E-state index contributed by atoms with van der Waals surface area (Å²) in [5, 5.41) is 19.5. The highest BCUT2D eigenvalue weighted by atomic mass is 32.2. The third-order valence-electron chi connectivity index (χ3n) is 4.34. The maximum absolute atomic E-state index is 12.8. The quantitative estimate of drug-likeness (QED) is 0.414. The number of rotatable bonds is 7. The van der Waals surface area contributed by atoms with Gasteiger partial charge in [0.1, 0.15) is 0 Å². The fourth-order valence-electron chi connectivity index (χ4n) is 2.85. The number of piperazine rings is 1. The Hall–Kier alpha value is -2.02. The number of hydrogen-bond donors (Lipinski definition) is 0. The zero-order chi connectivity index (χ0) is 18.4. The Morgan fingerprint density at radius 1 is 1.24 bits per heavy atom. The molecule has 0 atom stereocenters. The summed E-state index contributed by atoms with van der Waals surface area (Å²) in [4.78, 5) is 12.5. The van der Waals surface area contributed by atoms with Crippen molar-refractivity contribution in [2.24, 2.45) is 0 Å². The van der Waals surface area contributed by atoms with Gasteiger partial charge in [-0.2, -0.15) is 9.57 Å². The van der Waals surface area contributed by atoms with Crippen molar-refractivity contribution < 1.29 is 13.3 Å². The second-order valence-electron chi connectivity index (χ2n) is 6.07. The molecule has 1 aromatic rings. The van der Waals surface area contributed by atoms with E-state index in [1.807, 2.05) is 0 Å². The van der Waals surface area contributed by atoms with Crippen LogP contribution >= 0.6 is 0 Å². The zero-order valence-corrected chi connectivity index (χ0v) is 15.0. The Labute approximate surface area is 147 Å². The normalized spacial score (nSPS) is 16.5. The van der Waals surface area contributed by atoms with Crippen molar-refractivity contribution in [3.8, 4) is 6.07 Å². The second-order valence-corrected chi connectivity index (χ2v) is 7.97. The van der Waals surface area contributed by atoms with E-state index in [0.29, 0.717) is 38.2 Å². The molecule has 8 nitrogen and oxygen atoms in total. The topological polar surface area (TPSA) is 108 Å². The second kappa shape index (κ2) is 8.38.